The minimum Gasteiger partial charge on any atom is -0.374 e. The number of carbonyl (C=O) groups excluding carboxylic acids is 3. The van der Waals surface area contributed by atoms with Crippen LogP contribution in [0.3, 0.4) is 0 Å². The predicted octanol–water partition coefficient (Wildman–Crippen LogP) is 2.63. The summed E-state index contributed by atoms with van der Waals surface area (Å²) in [6.45, 7) is 4.60. The van der Waals surface area contributed by atoms with Crippen LogP contribution in [0.5, 0.6) is 0 Å². The van der Waals surface area contributed by atoms with Crippen LogP contribution in [0.25, 0.3) is 0 Å². The monoisotopic (exact) mass is 490 g/mol. The van der Waals surface area contributed by atoms with E-state index in [9.17, 15) is 14.4 Å². The third kappa shape index (κ3) is 5.49. The molecule has 1 saturated heterocycles. The van der Waals surface area contributed by atoms with Gasteiger partial charge < -0.3 is 15.0 Å². The molecule has 4 rings (SSSR count). The second-order valence-electron chi connectivity index (χ2n) is 9.85. The number of hydrogen-bond acceptors (Lipinski definition) is 5. The van der Waals surface area contributed by atoms with E-state index in [4.69, 9.17) is 4.74 Å². The Bertz CT molecular complexity index is 1120. The average molecular weight is 491 g/mol. The van der Waals surface area contributed by atoms with E-state index >= 15 is 0 Å². The van der Waals surface area contributed by atoms with E-state index in [0.717, 1.165) is 16.8 Å². The zero-order chi connectivity index (χ0) is 25.7. The molecule has 1 fully saturated rings. The molecule has 3 amide bonds. The molecule has 0 bridgehead atoms. The summed E-state index contributed by atoms with van der Waals surface area (Å²) in [5, 5.41) is 8.78. The van der Waals surface area contributed by atoms with Crippen LogP contribution in [0.4, 0.5) is 0 Å². The molecule has 190 valence electrons. The van der Waals surface area contributed by atoms with Gasteiger partial charge in [0.15, 0.2) is 0 Å². The highest BCUT2D eigenvalue weighted by molar-refractivity contribution is 6.13. The van der Waals surface area contributed by atoms with Crippen LogP contribution in [0.1, 0.15) is 31.4 Å². The molecule has 8 nitrogen and oxygen atoms in total. The summed E-state index contributed by atoms with van der Waals surface area (Å²) < 4.78 is 5.86. The normalized spacial score (nSPS) is 20.2. The quantitative estimate of drug-likeness (QED) is 0.585. The first-order chi connectivity index (χ1) is 17.3. The molecular formula is C28H34N4O4. The first-order valence-electron chi connectivity index (χ1n) is 12.4. The molecule has 2 aliphatic heterocycles. The summed E-state index contributed by atoms with van der Waals surface area (Å²) in [6.07, 6.45) is 0.970. The molecule has 2 aliphatic rings. The van der Waals surface area contributed by atoms with Crippen LogP contribution >= 0.6 is 0 Å². The Morgan fingerprint density at radius 1 is 1.06 bits per heavy atom. The third-order valence-corrected chi connectivity index (χ3v) is 6.80. The lowest BCUT2D eigenvalue weighted by atomic mass is 9.73. The van der Waals surface area contributed by atoms with E-state index in [2.05, 4.69) is 10.4 Å². The van der Waals surface area contributed by atoms with Gasteiger partial charge in [-0.15, -0.1) is 0 Å². The van der Waals surface area contributed by atoms with Crippen LogP contribution < -0.4 is 5.32 Å². The van der Waals surface area contributed by atoms with Gasteiger partial charge in [-0.25, -0.2) is 5.01 Å². The maximum Gasteiger partial charge on any atom is 0.256 e. The standard InChI is InChI=1S/C28H34N4O4/c1-20(2)25(33)29-23(18-36-17-22-12-8-5-9-13-22)26(34)32-15-14-24-28(19-32,27(35)31(3)30-24)16-21-10-6-4-7-11-21/h4-13,20,23H,14-19H2,1-3H3,(H,29,33)/t23-,28-/m1/s1. The molecule has 0 spiro atoms. The number of hydrazone groups is 1. The lowest BCUT2D eigenvalue weighted by Gasteiger charge is -2.40. The first kappa shape index (κ1) is 25.6. The van der Waals surface area contributed by atoms with Crippen molar-refractivity contribution in [3.8, 4) is 0 Å². The second-order valence-corrected chi connectivity index (χ2v) is 9.85. The van der Waals surface area contributed by atoms with Crippen molar-refractivity contribution in [1.82, 2.24) is 15.2 Å². The highest BCUT2D eigenvalue weighted by Gasteiger charge is 2.53. The number of nitrogens with zero attached hydrogens (tertiary/aromatic N) is 3. The van der Waals surface area contributed by atoms with Crippen molar-refractivity contribution < 1.29 is 19.1 Å². The van der Waals surface area contributed by atoms with Gasteiger partial charge in [0, 0.05) is 32.5 Å². The third-order valence-electron chi connectivity index (χ3n) is 6.80. The highest BCUT2D eigenvalue weighted by atomic mass is 16.5. The van der Waals surface area contributed by atoms with Crippen molar-refractivity contribution in [1.29, 1.82) is 0 Å². The van der Waals surface area contributed by atoms with E-state index in [-0.39, 0.29) is 36.8 Å². The number of amides is 3. The van der Waals surface area contributed by atoms with Crippen LogP contribution in [-0.4, -0.2) is 66.1 Å². The van der Waals surface area contributed by atoms with Gasteiger partial charge >= 0.3 is 0 Å². The Kier molecular flexibility index (Phi) is 7.84. The molecule has 1 N–H and O–H groups in total. The Hall–Kier alpha value is -3.52. The minimum atomic E-state index is -0.901. The van der Waals surface area contributed by atoms with Crippen molar-refractivity contribution in [2.75, 3.05) is 26.7 Å². The molecule has 36 heavy (non-hydrogen) atoms. The molecular weight excluding hydrogens is 456 g/mol. The van der Waals surface area contributed by atoms with Gasteiger partial charge in [-0.1, -0.05) is 74.5 Å². The number of nitrogens with one attached hydrogen (secondary N) is 1. The molecule has 0 saturated carbocycles. The zero-order valence-electron chi connectivity index (χ0n) is 21.1. The van der Waals surface area contributed by atoms with Crippen molar-refractivity contribution >= 4 is 23.4 Å². The van der Waals surface area contributed by atoms with Crippen LogP contribution in [-0.2, 0) is 32.1 Å². The van der Waals surface area contributed by atoms with Gasteiger partial charge in [0.1, 0.15) is 11.5 Å². The van der Waals surface area contributed by atoms with Crippen LogP contribution in [0.15, 0.2) is 65.8 Å². The van der Waals surface area contributed by atoms with Crippen molar-refractivity contribution in [3.05, 3.63) is 71.8 Å². The SMILES string of the molecule is CC(C)C(=O)N[C@H](COCc1ccccc1)C(=O)N1CCC2=NN(C)C(=O)[C@]2(Cc2ccccc2)C1. The molecule has 0 unspecified atom stereocenters. The van der Waals surface area contributed by atoms with Gasteiger partial charge in [-0.2, -0.15) is 5.10 Å². The van der Waals surface area contributed by atoms with Crippen molar-refractivity contribution in [2.24, 2.45) is 16.4 Å². The molecule has 2 aromatic carbocycles. The number of ether oxygens (including phenoxy) is 1. The molecule has 2 heterocycles. The summed E-state index contributed by atoms with van der Waals surface area (Å²) in [5.41, 5.74) is 1.91. The fourth-order valence-electron chi connectivity index (χ4n) is 4.82. The predicted molar refractivity (Wildman–Crippen MR) is 137 cm³/mol. The number of likely N-dealkylation sites (tertiary alicyclic amines) is 1. The number of benzene rings is 2. The van der Waals surface area contributed by atoms with E-state index in [1.807, 2.05) is 60.7 Å². The fraction of sp³-hybridized carbons (Fsp3) is 0.429. The van der Waals surface area contributed by atoms with E-state index < -0.39 is 11.5 Å². The Balaban J connectivity index is 1.53. The second kappa shape index (κ2) is 11.0. The number of hydrogen-bond donors (Lipinski definition) is 1. The molecule has 8 heteroatoms. The number of piperidine rings is 1. The van der Waals surface area contributed by atoms with Gasteiger partial charge in [0.25, 0.3) is 5.91 Å². The number of fused-ring (bicyclic) bond motifs is 1. The highest BCUT2D eigenvalue weighted by Crippen LogP contribution is 2.38. The zero-order valence-corrected chi connectivity index (χ0v) is 21.1. The average Bonchev–Trinajstić information content (AvgIpc) is 3.13. The molecule has 0 aliphatic carbocycles. The first-order valence-corrected chi connectivity index (χ1v) is 12.4. The largest absolute Gasteiger partial charge is 0.374 e. The van der Waals surface area contributed by atoms with Gasteiger partial charge in [0.05, 0.1) is 18.9 Å². The van der Waals surface area contributed by atoms with E-state index in [1.165, 1.54) is 5.01 Å². The van der Waals surface area contributed by atoms with E-state index in [0.29, 0.717) is 26.0 Å². The fourth-order valence-corrected chi connectivity index (χ4v) is 4.82. The minimum absolute atomic E-state index is 0.0448. The summed E-state index contributed by atoms with van der Waals surface area (Å²) in [5.74, 6) is -0.844. The summed E-state index contributed by atoms with van der Waals surface area (Å²) in [4.78, 5) is 41.3. The lowest BCUT2D eigenvalue weighted by Crippen LogP contribution is -2.59. The van der Waals surface area contributed by atoms with Gasteiger partial charge in [0.2, 0.25) is 11.8 Å². The van der Waals surface area contributed by atoms with Crippen LogP contribution in [0.2, 0.25) is 0 Å². The maximum atomic E-state index is 13.7. The number of rotatable bonds is 9. The van der Waals surface area contributed by atoms with Crippen molar-refractivity contribution in [3.63, 3.8) is 0 Å². The Labute approximate surface area is 212 Å². The Morgan fingerprint density at radius 2 is 1.69 bits per heavy atom. The molecule has 2 aromatic rings. The van der Waals surface area contributed by atoms with Crippen LogP contribution in [0, 0.1) is 11.3 Å². The smallest absolute Gasteiger partial charge is 0.256 e. The Morgan fingerprint density at radius 3 is 2.33 bits per heavy atom. The number of carbonyl (C=O) groups is 3. The van der Waals surface area contributed by atoms with Gasteiger partial charge in [-0.3, -0.25) is 14.4 Å². The molecule has 0 radical (unpaired) electrons. The summed E-state index contributed by atoms with van der Waals surface area (Å²) in [6, 6.07) is 18.6. The topological polar surface area (TPSA) is 91.3 Å². The molecule has 0 aromatic heterocycles. The van der Waals surface area contributed by atoms with Gasteiger partial charge in [-0.05, 0) is 17.5 Å². The molecule has 2 atom stereocenters. The summed E-state index contributed by atoms with van der Waals surface area (Å²) in [7, 11) is 1.66. The summed E-state index contributed by atoms with van der Waals surface area (Å²) >= 11 is 0. The maximum absolute atomic E-state index is 13.7. The lowest BCUT2D eigenvalue weighted by molar-refractivity contribution is -0.143. The van der Waals surface area contributed by atoms with Crippen molar-refractivity contribution in [2.45, 2.75) is 39.3 Å². The van der Waals surface area contributed by atoms with E-state index in [1.54, 1.807) is 25.8 Å².